The number of hydrogen-bond acceptors (Lipinski definition) is 3. The molecule has 0 saturated carbocycles. The molecule has 6 heteroatoms. The first-order chi connectivity index (χ1) is 7.90. The first-order valence-electron chi connectivity index (χ1n) is 4.93. The summed E-state index contributed by atoms with van der Waals surface area (Å²) < 4.78 is 42.4. The maximum Gasteiger partial charge on any atom is 0.319 e. The molecule has 1 aromatic rings. The van der Waals surface area contributed by atoms with Gasteiger partial charge in [0.25, 0.3) is 0 Å². The summed E-state index contributed by atoms with van der Waals surface area (Å²) in [6.45, 7) is 3.28. The highest BCUT2D eigenvalue weighted by molar-refractivity contribution is 7.85. The van der Waals surface area contributed by atoms with Gasteiger partial charge in [-0.2, -0.15) is 0 Å². The lowest BCUT2D eigenvalue weighted by Gasteiger charge is -2.08. The van der Waals surface area contributed by atoms with Crippen LogP contribution in [-0.4, -0.2) is 22.0 Å². The van der Waals surface area contributed by atoms with Crippen LogP contribution in [-0.2, 0) is 20.3 Å². The van der Waals surface area contributed by atoms with Crippen LogP contribution in [0.5, 0.6) is 0 Å². The van der Waals surface area contributed by atoms with E-state index in [0.29, 0.717) is 0 Å². The van der Waals surface area contributed by atoms with Crippen LogP contribution in [0.1, 0.15) is 13.8 Å². The first kappa shape index (κ1) is 13.8. The molecular formula is C11H12F2O3S. The maximum atomic E-state index is 13.2. The van der Waals surface area contributed by atoms with Crippen LogP contribution in [0.2, 0.25) is 0 Å². The third kappa shape index (κ3) is 4.22. The maximum absolute atomic E-state index is 13.2. The fourth-order valence-corrected chi connectivity index (χ4v) is 2.10. The summed E-state index contributed by atoms with van der Waals surface area (Å²) in [5.74, 6) is -2.70. The first-order valence-corrected chi connectivity index (χ1v) is 6.25. The van der Waals surface area contributed by atoms with Crippen molar-refractivity contribution < 1.29 is 22.5 Å². The number of halogens is 2. The van der Waals surface area contributed by atoms with Gasteiger partial charge in [0.05, 0.1) is 21.8 Å². The fraction of sp³-hybridized carbons (Fsp3) is 0.364. The van der Waals surface area contributed by atoms with Gasteiger partial charge in [0.2, 0.25) is 0 Å². The summed E-state index contributed by atoms with van der Waals surface area (Å²) in [4.78, 5) is 10.9. The van der Waals surface area contributed by atoms with Crippen molar-refractivity contribution in [1.82, 2.24) is 0 Å². The Morgan fingerprint density at radius 3 is 2.65 bits per heavy atom. The number of ether oxygens (including phenoxy) is 1. The molecule has 0 spiro atoms. The molecule has 1 unspecified atom stereocenters. The molecule has 1 aromatic carbocycles. The topological polar surface area (TPSA) is 43.4 Å². The van der Waals surface area contributed by atoms with E-state index in [-0.39, 0.29) is 11.0 Å². The van der Waals surface area contributed by atoms with Gasteiger partial charge in [-0.15, -0.1) is 0 Å². The Bertz CT molecular complexity index is 446. The highest BCUT2D eigenvalue weighted by Crippen LogP contribution is 2.14. The lowest BCUT2D eigenvalue weighted by molar-refractivity contribution is -0.144. The molecule has 1 rings (SSSR count). The molecule has 0 heterocycles. The van der Waals surface area contributed by atoms with Crippen molar-refractivity contribution in [3.63, 3.8) is 0 Å². The summed E-state index contributed by atoms with van der Waals surface area (Å²) in [5, 5.41) is 0. The summed E-state index contributed by atoms with van der Waals surface area (Å²) in [6.07, 6.45) is -0.336. The number of carbonyl (C=O) groups excluding carboxylic acids is 1. The molecule has 1 atom stereocenters. The summed E-state index contributed by atoms with van der Waals surface area (Å²) in [5.41, 5.74) is 0. The van der Waals surface area contributed by atoms with Crippen LogP contribution in [0.25, 0.3) is 0 Å². The van der Waals surface area contributed by atoms with Crippen molar-refractivity contribution in [3.05, 3.63) is 29.8 Å². The monoisotopic (exact) mass is 262 g/mol. The highest BCUT2D eigenvalue weighted by atomic mass is 32.2. The van der Waals surface area contributed by atoms with E-state index >= 15 is 0 Å². The van der Waals surface area contributed by atoms with E-state index < -0.39 is 34.2 Å². The van der Waals surface area contributed by atoms with E-state index in [9.17, 15) is 17.8 Å². The second-order valence-electron chi connectivity index (χ2n) is 3.60. The molecule has 0 N–H and O–H groups in total. The SMILES string of the molecule is CC(C)OC(=O)CS(=O)c1cc(F)ccc1F. The van der Waals surface area contributed by atoms with Gasteiger partial charge in [0.1, 0.15) is 17.4 Å². The predicted octanol–water partition coefficient (Wildman–Crippen LogP) is 2.02. The van der Waals surface area contributed by atoms with E-state index in [1.165, 1.54) is 0 Å². The zero-order valence-corrected chi connectivity index (χ0v) is 10.2. The zero-order valence-electron chi connectivity index (χ0n) is 9.41. The van der Waals surface area contributed by atoms with Crippen molar-refractivity contribution in [2.45, 2.75) is 24.8 Å². The van der Waals surface area contributed by atoms with Crippen LogP contribution in [0.3, 0.4) is 0 Å². The van der Waals surface area contributed by atoms with Gasteiger partial charge < -0.3 is 4.74 Å². The van der Waals surface area contributed by atoms with Gasteiger partial charge in [-0.1, -0.05) is 0 Å². The van der Waals surface area contributed by atoms with Gasteiger partial charge in [0, 0.05) is 0 Å². The molecule has 0 aromatic heterocycles. The molecule has 0 aliphatic heterocycles. The molecule has 94 valence electrons. The Morgan fingerprint density at radius 2 is 2.06 bits per heavy atom. The van der Waals surface area contributed by atoms with Crippen molar-refractivity contribution in [2.24, 2.45) is 0 Å². The van der Waals surface area contributed by atoms with Crippen molar-refractivity contribution in [3.8, 4) is 0 Å². The Balaban J connectivity index is 2.76. The smallest absolute Gasteiger partial charge is 0.319 e. The van der Waals surface area contributed by atoms with Gasteiger partial charge >= 0.3 is 5.97 Å². The normalized spacial score (nSPS) is 12.5. The molecule has 0 amide bonds. The Labute approximate surface area is 100 Å². The van der Waals surface area contributed by atoms with Crippen LogP contribution in [0.4, 0.5) is 8.78 Å². The van der Waals surface area contributed by atoms with Crippen LogP contribution in [0, 0.1) is 11.6 Å². The molecule has 0 aliphatic carbocycles. The summed E-state index contributed by atoms with van der Waals surface area (Å²) in [7, 11) is -1.94. The standard InChI is InChI=1S/C11H12F2O3S/c1-7(2)16-11(14)6-17(15)10-5-8(12)3-4-9(10)13/h3-5,7H,6H2,1-2H3. The van der Waals surface area contributed by atoms with Crippen molar-refractivity contribution in [2.75, 3.05) is 5.75 Å². The predicted molar refractivity (Wildman–Crippen MR) is 58.9 cm³/mol. The molecule has 17 heavy (non-hydrogen) atoms. The quantitative estimate of drug-likeness (QED) is 0.780. The van der Waals surface area contributed by atoms with E-state index in [1.54, 1.807) is 13.8 Å². The average Bonchev–Trinajstić information content (AvgIpc) is 2.20. The Morgan fingerprint density at radius 1 is 1.41 bits per heavy atom. The Hall–Kier alpha value is -1.30. The number of benzene rings is 1. The van der Waals surface area contributed by atoms with Crippen LogP contribution in [0.15, 0.2) is 23.1 Å². The van der Waals surface area contributed by atoms with Crippen LogP contribution >= 0.6 is 0 Å². The van der Waals surface area contributed by atoms with Crippen molar-refractivity contribution in [1.29, 1.82) is 0 Å². The zero-order chi connectivity index (χ0) is 13.0. The molecular weight excluding hydrogens is 250 g/mol. The fourth-order valence-electron chi connectivity index (χ4n) is 1.13. The second kappa shape index (κ2) is 5.86. The average molecular weight is 262 g/mol. The minimum Gasteiger partial charge on any atom is -0.462 e. The molecule has 0 radical (unpaired) electrons. The van der Waals surface area contributed by atoms with Crippen LogP contribution < -0.4 is 0 Å². The minimum absolute atomic E-state index is 0.328. The molecule has 0 bridgehead atoms. The summed E-state index contributed by atoms with van der Waals surface area (Å²) in [6, 6.07) is 2.60. The largest absolute Gasteiger partial charge is 0.462 e. The lowest BCUT2D eigenvalue weighted by atomic mass is 10.3. The summed E-state index contributed by atoms with van der Waals surface area (Å²) >= 11 is 0. The number of esters is 1. The third-order valence-corrected chi connectivity index (χ3v) is 3.06. The van der Waals surface area contributed by atoms with Gasteiger partial charge in [0.15, 0.2) is 0 Å². The lowest BCUT2D eigenvalue weighted by Crippen LogP contribution is -2.18. The van der Waals surface area contributed by atoms with E-state index in [2.05, 4.69) is 0 Å². The second-order valence-corrected chi connectivity index (χ2v) is 5.02. The molecule has 0 aliphatic rings. The molecule has 0 saturated heterocycles. The number of rotatable bonds is 4. The van der Waals surface area contributed by atoms with Gasteiger partial charge in [-0.3, -0.25) is 9.00 Å². The van der Waals surface area contributed by atoms with Gasteiger partial charge in [-0.05, 0) is 32.0 Å². The number of carbonyl (C=O) groups is 1. The Kier molecular flexibility index (Phi) is 4.74. The van der Waals surface area contributed by atoms with E-state index in [0.717, 1.165) is 18.2 Å². The third-order valence-electron chi connectivity index (χ3n) is 1.75. The number of hydrogen-bond donors (Lipinski definition) is 0. The van der Waals surface area contributed by atoms with E-state index in [1.807, 2.05) is 0 Å². The van der Waals surface area contributed by atoms with Gasteiger partial charge in [-0.25, -0.2) is 8.78 Å². The van der Waals surface area contributed by atoms with Crippen molar-refractivity contribution >= 4 is 16.8 Å². The van der Waals surface area contributed by atoms with E-state index in [4.69, 9.17) is 4.74 Å². The highest BCUT2D eigenvalue weighted by Gasteiger charge is 2.16. The molecule has 3 nitrogen and oxygen atoms in total. The molecule has 0 fully saturated rings. The minimum atomic E-state index is -1.94.